The van der Waals surface area contributed by atoms with Gasteiger partial charge in [-0.25, -0.2) is 0 Å². The van der Waals surface area contributed by atoms with Crippen molar-refractivity contribution < 1.29 is 14.3 Å². The molecule has 0 aromatic heterocycles. The second-order valence-corrected chi connectivity index (χ2v) is 11.9. The highest BCUT2D eigenvalue weighted by Gasteiger charge is 2.49. The van der Waals surface area contributed by atoms with Crippen molar-refractivity contribution in [3.8, 4) is 0 Å². The lowest BCUT2D eigenvalue weighted by molar-refractivity contribution is -0.141. The minimum Gasteiger partial charge on any atom is -0.480 e. The molecule has 0 bridgehead atoms. The first-order valence-electron chi connectivity index (χ1n) is 7.37. The number of carboxylic acid groups (broad SMARTS) is 1. The zero-order valence-electron chi connectivity index (χ0n) is 13.1. The largest absolute Gasteiger partial charge is 0.480 e. The van der Waals surface area contributed by atoms with E-state index in [0.29, 0.717) is 16.6 Å². The molecule has 0 aromatic carbocycles. The lowest BCUT2D eigenvalue weighted by Crippen LogP contribution is -2.53. The van der Waals surface area contributed by atoms with Gasteiger partial charge in [-0.3, -0.25) is 4.79 Å². The van der Waals surface area contributed by atoms with Crippen LogP contribution in [0, 0.1) is 0 Å². The Hall–Kier alpha value is -0.393. The Kier molecular flexibility index (Phi) is 5.59. The number of nitrogens with one attached hydrogen (secondary N) is 1. The molecule has 1 rings (SSSR count). The molecule has 5 heteroatoms. The molecule has 1 aliphatic heterocycles. The lowest BCUT2D eigenvalue weighted by atomic mass is 10.2. The highest BCUT2D eigenvalue weighted by Crippen LogP contribution is 2.43. The van der Waals surface area contributed by atoms with Gasteiger partial charge in [0.1, 0.15) is 6.04 Å². The Morgan fingerprint density at radius 2 is 1.63 bits per heavy atom. The standard InChI is InChI=1S/C14H29NO3Si/c1-9(2)19(10(3)4,11(5)6)18-12-7-8-15-13(12)14(16)17/h9-13,15H,7-8H2,1-6H3,(H,16,17). The maximum Gasteiger partial charge on any atom is 0.323 e. The zero-order chi connectivity index (χ0) is 14.8. The predicted molar refractivity (Wildman–Crippen MR) is 80.0 cm³/mol. The third-order valence-electron chi connectivity index (χ3n) is 4.49. The molecule has 0 aliphatic carbocycles. The van der Waals surface area contributed by atoms with Crippen LogP contribution in [0.15, 0.2) is 0 Å². The number of hydrogen-bond donors (Lipinski definition) is 2. The summed E-state index contributed by atoms with van der Waals surface area (Å²) < 4.78 is 6.55. The van der Waals surface area contributed by atoms with Crippen molar-refractivity contribution in [1.29, 1.82) is 0 Å². The summed E-state index contributed by atoms with van der Waals surface area (Å²) >= 11 is 0. The van der Waals surface area contributed by atoms with Gasteiger partial charge in [0.2, 0.25) is 8.32 Å². The van der Waals surface area contributed by atoms with Gasteiger partial charge in [0.25, 0.3) is 0 Å². The molecular weight excluding hydrogens is 258 g/mol. The number of carbonyl (C=O) groups is 1. The summed E-state index contributed by atoms with van der Waals surface area (Å²) in [5, 5.41) is 12.3. The summed E-state index contributed by atoms with van der Waals surface area (Å²) in [5.41, 5.74) is 1.47. The third-order valence-corrected chi connectivity index (χ3v) is 10.6. The molecule has 0 saturated carbocycles. The first kappa shape index (κ1) is 16.7. The van der Waals surface area contributed by atoms with E-state index in [4.69, 9.17) is 4.43 Å². The van der Waals surface area contributed by atoms with Gasteiger partial charge >= 0.3 is 5.97 Å². The van der Waals surface area contributed by atoms with Crippen LogP contribution in [0.4, 0.5) is 0 Å². The molecule has 1 saturated heterocycles. The van der Waals surface area contributed by atoms with Gasteiger partial charge in [0.05, 0.1) is 6.10 Å². The maximum absolute atomic E-state index is 11.3. The maximum atomic E-state index is 11.3. The number of rotatable bonds is 6. The fourth-order valence-corrected chi connectivity index (χ4v) is 9.32. The average molecular weight is 287 g/mol. The van der Waals surface area contributed by atoms with E-state index in [1.54, 1.807) is 0 Å². The highest BCUT2D eigenvalue weighted by atomic mass is 28.4. The molecule has 1 aliphatic rings. The minimum atomic E-state index is -1.98. The van der Waals surface area contributed by atoms with E-state index in [-0.39, 0.29) is 6.10 Å². The zero-order valence-corrected chi connectivity index (χ0v) is 14.1. The number of carboxylic acids is 1. The van der Waals surface area contributed by atoms with Crippen LogP contribution >= 0.6 is 0 Å². The molecule has 0 amide bonds. The quantitative estimate of drug-likeness (QED) is 0.737. The summed E-state index contributed by atoms with van der Waals surface area (Å²) in [4.78, 5) is 11.3. The highest BCUT2D eigenvalue weighted by molar-refractivity contribution is 6.77. The molecule has 1 heterocycles. The lowest BCUT2D eigenvalue weighted by Gasteiger charge is -2.44. The Morgan fingerprint density at radius 3 is 2.00 bits per heavy atom. The van der Waals surface area contributed by atoms with Crippen LogP contribution in [0.5, 0.6) is 0 Å². The first-order chi connectivity index (χ1) is 8.73. The topological polar surface area (TPSA) is 58.6 Å². The number of hydrogen-bond acceptors (Lipinski definition) is 3. The minimum absolute atomic E-state index is 0.170. The van der Waals surface area contributed by atoms with Crippen LogP contribution in [-0.4, -0.2) is 38.1 Å². The van der Waals surface area contributed by atoms with E-state index in [1.165, 1.54) is 0 Å². The van der Waals surface area contributed by atoms with Crippen molar-refractivity contribution >= 4 is 14.3 Å². The van der Waals surface area contributed by atoms with Crippen LogP contribution in [-0.2, 0) is 9.22 Å². The molecule has 4 nitrogen and oxygen atoms in total. The molecule has 2 N–H and O–H groups in total. The Morgan fingerprint density at radius 1 is 1.16 bits per heavy atom. The Bertz CT molecular complexity index is 296. The van der Waals surface area contributed by atoms with E-state index < -0.39 is 20.3 Å². The van der Waals surface area contributed by atoms with E-state index in [2.05, 4.69) is 46.9 Å². The van der Waals surface area contributed by atoms with Gasteiger partial charge in [0, 0.05) is 0 Å². The van der Waals surface area contributed by atoms with Crippen molar-refractivity contribution in [3.63, 3.8) is 0 Å². The Labute approximate surface area is 118 Å². The van der Waals surface area contributed by atoms with Gasteiger partial charge in [-0.15, -0.1) is 0 Å². The smallest absolute Gasteiger partial charge is 0.323 e. The summed E-state index contributed by atoms with van der Waals surface area (Å²) in [6.07, 6.45) is 0.633. The average Bonchev–Trinajstić information content (AvgIpc) is 2.71. The van der Waals surface area contributed by atoms with Crippen molar-refractivity contribution in [2.24, 2.45) is 0 Å². The predicted octanol–water partition coefficient (Wildman–Crippen LogP) is 2.99. The molecule has 19 heavy (non-hydrogen) atoms. The van der Waals surface area contributed by atoms with Crippen molar-refractivity contribution in [2.45, 2.75) is 76.7 Å². The van der Waals surface area contributed by atoms with Gasteiger partial charge < -0.3 is 14.8 Å². The van der Waals surface area contributed by atoms with E-state index in [9.17, 15) is 9.90 Å². The second kappa shape index (κ2) is 6.37. The van der Waals surface area contributed by atoms with E-state index >= 15 is 0 Å². The Balaban J connectivity index is 2.98. The van der Waals surface area contributed by atoms with Crippen molar-refractivity contribution in [2.75, 3.05) is 6.54 Å². The monoisotopic (exact) mass is 287 g/mol. The van der Waals surface area contributed by atoms with Crippen LogP contribution in [0.2, 0.25) is 16.6 Å². The molecule has 1 fully saturated rings. The molecule has 2 atom stereocenters. The van der Waals surface area contributed by atoms with Crippen molar-refractivity contribution in [1.82, 2.24) is 5.32 Å². The van der Waals surface area contributed by atoms with Gasteiger partial charge in [-0.05, 0) is 29.6 Å². The normalized spacial score (nSPS) is 24.7. The molecule has 0 radical (unpaired) electrons. The molecule has 2 unspecified atom stereocenters. The van der Waals surface area contributed by atoms with Crippen LogP contribution in [0.25, 0.3) is 0 Å². The van der Waals surface area contributed by atoms with Gasteiger partial charge in [-0.1, -0.05) is 41.5 Å². The van der Waals surface area contributed by atoms with Crippen LogP contribution in [0.3, 0.4) is 0 Å². The van der Waals surface area contributed by atoms with Crippen LogP contribution in [0.1, 0.15) is 48.0 Å². The van der Waals surface area contributed by atoms with E-state index in [1.807, 2.05) is 0 Å². The second-order valence-electron chi connectivity index (χ2n) is 6.53. The van der Waals surface area contributed by atoms with Gasteiger partial charge in [-0.2, -0.15) is 0 Å². The summed E-state index contributed by atoms with van der Waals surface area (Å²) in [6, 6.07) is -0.539. The first-order valence-corrected chi connectivity index (χ1v) is 9.51. The summed E-state index contributed by atoms with van der Waals surface area (Å²) in [5.74, 6) is -0.790. The molecular formula is C14H29NO3Si. The number of aliphatic carboxylic acids is 1. The van der Waals surface area contributed by atoms with E-state index in [0.717, 1.165) is 13.0 Å². The summed E-state index contributed by atoms with van der Waals surface area (Å²) in [6.45, 7) is 14.1. The van der Waals surface area contributed by atoms with Crippen LogP contribution < -0.4 is 5.32 Å². The van der Waals surface area contributed by atoms with Crippen molar-refractivity contribution in [3.05, 3.63) is 0 Å². The fourth-order valence-electron chi connectivity index (χ4n) is 3.72. The molecule has 112 valence electrons. The molecule has 0 aromatic rings. The van der Waals surface area contributed by atoms with Gasteiger partial charge in [0.15, 0.2) is 0 Å². The third kappa shape index (κ3) is 3.20. The SMILES string of the molecule is CC(C)[Si](OC1CCNC1C(=O)O)(C(C)C)C(C)C. The molecule has 0 spiro atoms. The fraction of sp³-hybridized carbons (Fsp3) is 0.929. The summed E-state index contributed by atoms with van der Waals surface area (Å²) in [7, 11) is -1.98.